The first kappa shape index (κ1) is 29.5. The Labute approximate surface area is 266 Å². The van der Waals surface area contributed by atoms with Crippen LogP contribution in [-0.2, 0) is 26.2 Å². The van der Waals surface area contributed by atoms with E-state index in [1.54, 1.807) is 0 Å². The highest BCUT2D eigenvalue weighted by Gasteiger charge is 2.68. The van der Waals surface area contributed by atoms with E-state index < -0.39 is 50.7 Å². The van der Waals surface area contributed by atoms with Crippen molar-refractivity contribution in [3.05, 3.63) is 139 Å². The topological polar surface area (TPSA) is 174 Å². The summed E-state index contributed by atoms with van der Waals surface area (Å²) in [6, 6.07) is 24.4. The summed E-state index contributed by atoms with van der Waals surface area (Å²) in [6.07, 6.45) is 1.42. The number of hydrogen-bond donors (Lipinski definition) is 1. The summed E-state index contributed by atoms with van der Waals surface area (Å²) < 4.78 is 5.42. The minimum Gasteiger partial charge on any atom is -0.494 e. The van der Waals surface area contributed by atoms with E-state index >= 15 is 0 Å². The molecular weight excluding hydrogens is 606 g/mol. The standard InChI is InChI=1S/C34H25N5O8/c1-47-27-17-21(39(45)46)14-15-26(27)37-32(41)30-29-22-6-2-4-8-24(22)34(31(30)33(37)42,25-9-5-3-7-23(25)29)18-35-36-28(40)16-19-10-12-20(13-11-19)38(43)44/h2-15,17-18,29-31H,16H2,1H3,(H,36,40)/b35-18-/t29?,30-,31+,34?/m1/s1. The number of nitro benzene ring substituents is 2. The number of carbonyl (C=O) groups is 3. The number of methoxy groups -OCH3 is 1. The molecule has 1 aliphatic heterocycles. The number of benzene rings is 4. The Morgan fingerprint density at radius 2 is 1.49 bits per heavy atom. The first-order chi connectivity index (χ1) is 22.7. The number of rotatable bonds is 8. The zero-order valence-corrected chi connectivity index (χ0v) is 24.7. The number of imide groups is 1. The SMILES string of the molecule is COc1cc([N+](=O)[O-])ccc1N1C(=O)[C@@H]2C3c4ccccc4C(/C=N\NC(=O)Cc4ccc([N+](=O)[O-])cc4)(c4ccccc43)[C@@H]2C1=O. The third kappa shape index (κ3) is 4.38. The number of non-ortho nitro benzene ring substituents is 2. The van der Waals surface area contributed by atoms with Crippen LogP contribution in [0, 0.1) is 32.1 Å². The van der Waals surface area contributed by atoms with Gasteiger partial charge in [-0.25, -0.2) is 10.3 Å². The van der Waals surface area contributed by atoms with E-state index in [0.717, 1.165) is 27.2 Å². The molecular formula is C34H25N5O8. The van der Waals surface area contributed by atoms with Crippen LogP contribution in [0.1, 0.15) is 33.7 Å². The van der Waals surface area contributed by atoms with Crippen molar-refractivity contribution in [3.63, 3.8) is 0 Å². The summed E-state index contributed by atoms with van der Waals surface area (Å²) in [6.45, 7) is 0. The summed E-state index contributed by atoms with van der Waals surface area (Å²) in [5, 5.41) is 26.8. The van der Waals surface area contributed by atoms with Gasteiger partial charge in [0, 0.05) is 30.3 Å². The first-order valence-electron chi connectivity index (χ1n) is 14.6. The van der Waals surface area contributed by atoms with E-state index in [9.17, 15) is 34.6 Å². The number of hydrogen-bond acceptors (Lipinski definition) is 9. The van der Waals surface area contributed by atoms with E-state index in [0.29, 0.717) is 5.56 Å². The number of anilines is 1. The van der Waals surface area contributed by atoms with Gasteiger partial charge in [0.2, 0.25) is 17.7 Å². The molecule has 1 N–H and O–H groups in total. The van der Waals surface area contributed by atoms with Crippen LogP contribution in [0.5, 0.6) is 5.75 Å². The summed E-state index contributed by atoms with van der Waals surface area (Å²) >= 11 is 0. The van der Waals surface area contributed by atoms with Gasteiger partial charge in [-0.2, -0.15) is 5.10 Å². The molecule has 1 saturated heterocycles. The van der Waals surface area contributed by atoms with Crippen LogP contribution in [-0.4, -0.2) is 40.9 Å². The molecule has 3 amide bonds. The van der Waals surface area contributed by atoms with Crippen LogP contribution >= 0.6 is 0 Å². The minimum atomic E-state index is -1.26. The quantitative estimate of drug-likeness (QED) is 0.129. The second kappa shape index (κ2) is 11.0. The number of nitrogens with one attached hydrogen (secondary N) is 1. The van der Waals surface area contributed by atoms with Crippen molar-refractivity contribution < 1.29 is 29.0 Å². The fraction of sp³-hybridized carbons (Fsp3) is 0.176. The summed E-state index contributed by atoms with van der Waals surface area (Å²) in [5.41, 5.74) is 4.83. The molecule has 0 radical (unpaired) electrons. The Morgan fingerprint density at radius 3 is 2.09 bits per heavy atom. The maximum Gasteiger partial charge on any atom is 0.273 e. The number of nitrogens with zero attached hydrogens (tertiary/aromatic N) is 4. The van der Waals surface area contributed by atoms with Crippen molar-refractivity contribution in [3.8, 4) is 5.75 Å². The maximum absolute atomic E-state index is 14.6. The Hall–Kier alpha value is -6.24. The van der Waals surface area contributed by atoms with Crippen LogP contribution in [0.3, 0.4) is 0 Å². The Kier molecular flexibility index (Phi) is 6.88. The van der Waals surface area contributed by atoms with E-state index in [1.165, 1.54) is 55.8 Å². The van der Waals surface area contributed by atoms with Gasteiger partial charge in [-0.1, -0.05) is 60.7 Å². The molecule has 1 heterocycles. The van der Waals surface area contributed by atoms with Crippen molar-refractivity contribution in [2.24, 2.45) is 16.9 Å². The third-order valence-corrected chi connectivity index (χ3v) is 9.27. The molecule has 234 valence electrons. The van der Waals surface area contributed by atoms with Gasteiger partial charge in [-0.3, -0.25) is 34.6 Å². The Balaban J connectivity index is 1.31. The molecule has 0 unspecified atom stereocenters. The van der Waals surface area contributed by atoms with Gasteiger partial charge in [0.25, 0.3) is 11.4 Å². The van der Waals surface area contributed by atoms with Gasteiger partial charge < -0.3 is 4.74 Å². The van der Waals surface area contributed by atoms with Gasteiger partial charge in [0.05, 0.1) is 52.4 Å². The lowest BCUT2D eigenvalue weighted by Crippen LogP contribution is -2.54. The average Bonchev–Trinajstić information content (AvgIpc) is 3.34. The predicted molar refractivity (Wildman–Crippen MR) is 168 cm³/mol. The van der Waals surface area contributed by atoms with Crippen LogP contribution in [0.15, 0.2) is 96.1 Å². The van der Waals surface area contributed by atoms with Crippen LogP contribution in [0.2, 0.25) is 0 Å². The van der Waals surface area contributed by atoms with Crippen molar-refractivity contribution >= 4 is 41.0 Å². The van der Waals surface area contributed by atoms with Gasteiger partial charge >= 0.3 is 0 Å². The zero-order valence-electron chi connectivity index (χ0n) is 24.7. The van der Waals surface area contributed by atoms with Gasteiger partial charge in [0.15, 0.2) is 0 Å². The minimum absolute atomic E-state index is 0.00291. The largest absolute Gasteiger partial charge is 0.494 e. The molecule has 0 spiro atoms. The molecule has 2 bridgehead atoms. The molecule has 4 aromatic rings. The van der Waals surface area contributed by atoms with Crippen molar-refractivity contribution in [2.45, 2.75) is 17.8 Å². The lowest BCUT2D eigenvalue weighted by Gasteiger charge is -2.52. The molecule has 0 aromatic heterocycles. The van der Waals surface area contributed by atoms with Crippen molar-refractivity contribution in [1.82, 2.24) is 5.43 Å². The molecule has 1 fully saturated rings. The highest BCUT2D eigenvalue weighted by atomic mass is 16.6. The number of amides is 3. The fourth-order valence-electron chi connectivity index (χ4n) is 7.42. The number of hydrazone groups is 1. The van der Waals surface area contributed by atoms with E-state index in [4.69, 9.17) is 4.74 Å². The van der Waals surface area contributed by atoms with Gasteiger partial charge in [-0.15, -0.1) is 0 Å². The predicted octanol–water partition coefficient (Wildman–Crippen LogP) is 4.41. The van der Waals surface area contributed by atoms with Crippen LogP contribution in [0.4, 0.5) is 17.1 Å². The summed E-state index contributed by atoms with van der Waals surface area (Å²) in [5.74, 6) is -3.73. The normalized spacial score (nSPS) is 22.1. The lowest BCUT2D eigenvalue weighted by atomic mass is 9.47. The second-order valence-electron chi connectivity index (χ2n) is 11.5. The second-order valence-corrected chi connectivity index (χ2v) is 11.5. The van der Waals surface area contributed by atoms with Crippen LogP contribution < -0.4 is 15.1 Å². The molecule has 4 aromatic carbocycles. The summed E-state index contributed by atoms with van der Waals surface area (Å²) in [7, 11) is 1.31. The van der Waals surface area contributed by atoms with E-state index in [-0.39, 0.29) is 29.2 Å². The molecule has 13 nitrogen and oxygen atoms in total. The smallest absolute Gasteiger partial charge is 0.273 e. The Morgan fingerprint density at radius 1 is 0.894 bits per heavy atom. The molecule has 2 atom stereocenters. The van der Waals surface area contributed by atoms with Crippen LogP contribution in [0.25, 0.3) is 0 Å². The number of carbonyl (C=O) groups excluding carboxylic acids is 3. The lowest BCUT2D eigenvalue weighted by molar-refractivity contribution is -0.385. The zero-order chi connectivity index (χ0) is 33.0. The maximum atomic E-state index is 14.6. The van der Waals surface area contributed by atoms with Crippen molar-refractivity contribution in [1.29, 1.82) is 0 Å². The number of nitro groups is 2. The molecule has 13 heteroatoms. The highest BCUT2D eigenvalue weighted by Crippen LogP contribution is 2.64. The Bertz CT molecular complexity index is 1990. The highest BCUT2D eigenvalue weighted by molar-refractivity contribution is 6.25. The summed E-state index contributed by atoms with van der Waals surface area (Å²) in [4.78, 5) is 64.3. The van der Waals surface area contributed by atoms with Gasteiger partial charge in [0.1, 0.15) is 5.75 Å². The fourth-order valence-corrected chi connectivity index (χ4v) is 7.42. The monoisotopic (exact) mass is 631 g/mol. The third-order valence-electron chi connectivity index (χ3n) is 9.27. The molecule has 4 aliphatic rings. The van der Waals surface area contributed by atoms with Crippen molar-refractivity contribution in [2.75, 3.05) is 12.0 Å². The van der Waals surface area contributed by atoms with Gasteiger partial charge in [-0.05, 0) is 33.9 Å². The van der Waals surface area contributed by atoms with E-state index in [1.807, 2.05) is 48.5 Å². The first-order valence-corrected chi connectivity index (χ1v) is 14.6. The van der Waals surface area contributed by atoms with E-state index in [2.05, 4.69) is 10.5 Å². The number of ether oxygens (including phenoxy) is 1. The molecule has 8 rings (SSSR count). The molecule has 0 saturated carbocycles. The molecule has 47 heavy (non-hydrogen) atoms. The average molecular weight is 632 g/mol. The molecule has 3 aliphatic carbocycles.